The van der Waals surface area contributed by atoms with Crippen LogP contribution in [0.3, 0.4) is 0 Å². The number of benzene rings is 2. The Morgan fingerprint density at radius 3 is 1.70 bits per heavy atom. The van der Waals surface area contributed by atoms with Crippen LogP contribution in [0.5, 0.6) is 0 Å². The van der Waals surface area contributed by atoms with Gasteiger partial charge in [0, 0.05) is 24.2 Å². The molecule has 2 N–H and O–H groups in total. The molecule has 2 atom stereocenters. The van der Waals surface area contributed by atoms with E-state index < -0.39 is 11.2 Å². The van der Waals surface area contributed by atoms with Crippen molar-refractivity contribution in [1.82, 2.24) is 39.7 Å². The fourth-order valence-corrected chi connectivity index (χ4v) is 6.62. The molecule has 2 fully saturated rings. The van der Waals surface area contributed by atoms with Gasteiger partial charge in [-0.15, -0.1) is 0 Å². The molecule has 2 saturated heterocycles. The molecule has 7 rings (SSSR count). The zero-order valence-corrected chi connectivity index (χ0v) is 29.5. The summed E-state index contributed by atoms with van der Waals surface area (Å²) >= 11 is 0. The van der Waals surface area contributed by atoms with Crippen molar-refractivity contribution in [3.8, 4) is 33.8 Å². The zero-order valence-electron chi connectivity index (χ0n) is 29.5. The standard InChI is InChI=1S/C38H44N8O4/c1-37(2,3)49-35(47)45-17-7-9-31(45)33-40-21-29(43-33)24-13-11-23(12-14-24)28-20-39-26-16-15-25(19-27(26)42-28)30-22-41-34(44-30)32-10-8-18-46(32)36(48)50-38(4,5)6/h11-16,19-22,31-32H,7-10,17-18H2,1-6H3,(H,40,43)(H,41,44)/t31-,32-/m0/s1. The number of nitrogens with zero attached hydrogens (tertiary/aromatic N) is 6. The summed E-state index contributed by atoms with van der Waals surface area (Å²) in [6.07, 6.45) is 8.25. The highest BCUT2D eigenvalue weighted by molar-refractivity contribution is 5.82. The number of ether oxygens (including phenoxy) is 2. The van der Waals surface area contributed by atoms with Gasteiger partial charge in [0.1, 0.15) is 22.9 Å². The maximum Gasteiger partial charge on any atom is 0.410 e. The van der Waals surface area contributed by atoms with Crippen LogP contribution < -0.4 is 0 Å². The minimum Gasteiger partial charge on any atom is -0.444 e. The summed E-state index contributed by atoms with van der Waals surface area (Å²) in [7, 11) is 0. The molecule has 0 unspecified atom stereocenters. The van der Waals surface area contributed by atoms with Gasteiger partial charge in [-0.05, 0) is 84.9 Å². The lowest BCUT2D eigenvalue weighted by atomic mass is 10.1. The van der Waals surface area contributed by atoms with Gasteiger partial charge in [0.2, 0.25) is 0 Å². The molecule has 0 spiro atoms. The van der Waals surface area contributed by atoms with Crippen molar-refractivity contribution in [2.75, 3.05) is 13.1 Å². The van der Waals surface area contributed by atoms with E-state index in [1.807, 2.05) is 90.2 Å². The highest BCUT2D eigenvalue weighted by Crippen LogP contribution is 2.35. The number of aromatic nitrogens is 6. The second kappa shape index (κ2) is 12.9. The maximum absolute atomic E-state index is 12.9. The van der Waals surface area contributed by atoms with E-state index in [4.69, 9.17) is 14.5 Å². The number of H-pyrrole nitrogens is 2. The first-order chi connectivity index (χ1) is 23.8. The molecule has 2 aliphatic heterocycles. The molecule has 0 aliphatic carbocycles. The summed E-state index contributed by atoms with van der Waals surface area (Å²) in [5.41, 5.74) is 5.78. The molecule has 12 heteroatoms. The molecule has 2 aromatic carbocycles. The van der Waals surface area contributed by atoms with E-state index in [0.29, 0.717) is 13.1 Å². The highest BCUT2D eigenvalue weighted by atomic mass is 16.6. The summed E-state index contributed by atoms with van der Waals surface area (Å²) < 4.78 is 11.3. The molecule has 50 heavy (non-hydrogen) atoms. The van der Waals surface area contributed by atoms with E-state index in [-0.39, 0.29) is 24.3 Å². The molecule has 12 nitrogen and oxygen atoms in total. The normalized spacial score (nSPS) is 18.2. The Morgan fingerprint density at radius 2 is 1.16 bits per heavy atom. The van der Waals surface area contributed by atoms with Gasteiger partial charge in [-0.25, -0.2) is 24.5 Å². The molecule has 0 saturated carbocycles. The van der Waals surface area contributed by atoms with Crippen LogP contribution in [0.15, 0.2) is 61.1 Å². The van der Waals surface area contributed by atoms with Gasteiger partial charge in [-0.2, -0.15) is 0 Å². The minimum absolute atomic E-state index is 0.140. The Morgan fingerprint density at radius 1 is 0.660 bits per heavy atom. The fourth-order valence-electron chi connectivity index (χ4n) is 6.62. The third-order valence-electron chi connectivity index (χ3n) is 8.93. The van der Waals surface area contributed by atoms with Crippen LogP contribution in [-0.2, 0) is 9.47 Å². The third kappa shape index (κ3) is 7.05. The number of fused-ring (bicyclic) bond motifs is 1. The van der Waals surface area contributed by atoms with Gasteiger partial charge in [0.05, 0.1) is 58.8 Å². The van der Waals surface area contributed by atoms with Crippen molar-refractivity contribution >= 4 is 23.2 Å². The number of likely N-dealkylation sites (tertiary alicyclic amines) is 2. The summed E-state index contributed by atoms with van der Waals surface area (Å²) in [6.45, 7) is 12.6. The van der Waals surface area contributed by atoms with E-state index in [1.54, 1.807) is 22.2 Å². The smallest absolute Gasteiger partial charge is 0.410 e. The Labute approximate surface area is 291 Å². The summed E-state index contributed by atoms with van der Waals surface area (Å²) in [6, 6.07) is 13.8. The van der Waals surface area contributed by atoms with Crippen LogP contribution in [0.25, 0.3) is 44.8 Å². The molecule has 5 heterocycles. The first kappa shape index (κ1) is 33.2. The van der Waals surface area contributed by atoms with Gasteiger partial charge >= 0.3 is 12.2 Å². The van der Waals surface area contributed by atoms with Crippen LogP contribution in [-0.4, -0.2) is 76.2 Å². The van der Waals surface area contributed by atoms with Gasteiger partial charge in [-0.3, -0.25) is 14.8 Å². The van der Waals surface area contributed by atoms with Crippen LogP contribution in [0.1, 0.15) is 91.0 Å². The monoisotopic (exact) mass is 676 g/mol. The number of hydrogen-bond donors (Lipinski definition) is 2. The van der Waals surface area contributed by atoms with Crippen molar-refractivity contribution in [1.29, 1.82) is 0 Å². The Bertz CT molecular complexity index is 2020. The third-order valence-corrected chi connectivity index (χ3v) is 8.93. The van der Waals surface area contributed by atoms with Crippen molar-refractivity contribution in [2.45, 2.75) is 90.5 Å². The zero-order chi connectivity index (χ0) is 35.2. The second-order valence-corrected chi connectivity index (χ2v) is 15.1. The van der Waals surface area contributed by atoms with E-state index in [0.717, 1.165) is 82.1 Å². The Balaban J connectivity index is 1.06. The van der Waals surface area contributed by atoms with Crippen LogP contribution >= 0.6 is 0 Å². The van der Waals surface area contributed by atoms with E-state index in [1.165, 1.54) is 0 Å². The first-order valence-electron chi connectivity index (χ1n) is 17.3. The van der Waals surface area contributed by atoms with E-state index in [2.05, 4.69) is 24.9 Å². The molecule has 3 aromatic heterocycles. The largest absolute Gasteiger partial charge is 0.444 e. The number of amides is 2. The Hall–Kier alpha value is -5.26. The fraction of sp³-hybridized carbons (Fsp3) is 0.421. The van der Waals surface area contributed by atoms with Gasteiger partial charge in [0.25, 0.3) is 0 Å². The highest BCUT2D eigenvalue weighted by Gasteiger charge is 2.36. The lowest BCUT2D eigenvalue weighted by Crippen LogP contribution is -2.36. The molecule has 0 radical (unpaired) electrons. The van der Waals surface area contributed by atoms with Crippen LogP contribution in [0.2, 0.25) is 0 Å². The van der Waals surface area contributed by atoms with E-state index >= 15 is 0 Å². The molecular weight excluding hydrogens is 632 g/mol. The number of rotatable bonds is 5. The van der Waals surface area contributed by atoms with E-state index in [9.17, 15) is 9.59 Å². The van der Waals surface area contributed by atoms with Crippen molar-refractivity contribution in [2.24, 2.45) is 0 Å². The van der Waals surface area contributed by atoms with Gasteiger partial charge in [-0.1, -0.05) is 30.3 Å². The maximum atomic E-state index is 12.9. The molecule has 260 valence electrons. The summed E-state index contributed by atoms with van der Waals surface area (Å²) in [5.74, 6) is 1.51. The minimum atomic E-state index is -0.557. The SMILES string of the molecule is CC(C)(C)OC(=O)N1CCC[C@H]1c1ncc(-c2ccc(-c3cnc4ccc(-c5cnc([C@@H]6CCCN6C(=O)OC(C)(C)C)[nH]5)cc4n3)cc2)[nH]1. The van der Waals surface area contributed by atoms with Gasteiger partial charge in [0.15, 0.2) is 0 Å². The molecule has 2 aliphatic rings. The van der Waals surface area contributed by atoms with Crippen LogP contribution in [0, 0.1) is 0 Å². The predicted octanol–water partition coefficient (Wildman–Crippen LogP) is 8.22. The Kier molecular flexibility index (Phi) is 8.57. The lowest BCUT2D eigenvalue weighted by Gasteiger charge is -2.27. The molecular formula is C38H44N8O4. The van der Waals surface area contributed by atoms with Crippen LogP contribution in [0.4, 0.5) is 9.59 Å². The first-order valence-corrected chi connectivity index (χ1v) is 17.3. The van der Waals surface area contributed by atoms with Crippen molar-refractivity contribution in [3.63, 3.8) is 0 Å². The number of carbonyl (C=O) groups is 2. The quantitative estimate of drug-likeness (QED) is 0.190. The second-order valence-electron chi connectivity index (χ2n) is 15.1. The predicted molar refractivity (Wildman–Crippen MR) is 190 cm³/mol. The molecule has 5 aromatic rings. The topological polar surface area (TPSA) is 142 Å². The number of carbonyl (C=O) groups excluding carboxylic acids is 2. The number of nitrogens with one attached hydrogen (secondary N) is 2. The molecule has 2 amide bonds. The van der Waals surface area contributed by atoms with Crippen molar-refractivity contribution in [3.05, 3.63) is 72.7 Å². The number of hydrogen-bond acceptors (Lipinski definition) is 8. The summed E-state index contributed by atoms with van der Waals surface area (Å²) in [5, 5.41) is 0. The van der Waals surface area contributed by atoms with Gasteiger partial charge < -0.3 is 19.4 Å². The lowest BCUT2D eigenvalue weighted by molar-refractivity contribution is 0.0208. The average molecular weight is 677 g/mol. The number of aromatic amines is 2. The average Bonchev–Trinajstić information content (AvgIpc) is 3.88. The van der Waals surface area contributed by atoms with Crippen molar-refractivity contribution < 1.29 is 19.1 Å². The summed E-state index contributed by atoms with van der Waals surface area (Å²) in [4.78, 5) is 55.0. The number of imidazole rings is 2. The molecule has 0 bridgehead atoms.